The molecular weight excluding hydrogens is 340 g/mol. The molecule has 1 atom stereocenters. The van der Waals surface area contributed by atoms with Crippen molar-refractivity contribution in [2.75, 3.05) is 26.2 Å². The van der Waals surface area contributed by atoms with Crippen LogP contribution in [0.15, 0.2) is 28.9 Å². The first-order valence-corrected chi connectivity index (χ1v) is 10.2. The molecule has 0 aliphatic carbocycles. The second-order valence-electron chi connectivity index (χ2n) is 8.13. The first kappa shape index (κ1) is 18.3. The maximum Gasteiger partial charge on any atom is 0.289 e. The molecule has 27 heavy (non-hydrogen) atoms. The summed E-state index contributed by atoms with van der Waals surface area (Å²) in [7, 11) is 0. The number of aromatic nitrogens is 2. The number of hydrogen-bond donors (Lipinski definition) is 0. The molecule has 0 N–H and O–H groups in total. The predicted molar refractivity (Wildman–Crippen MR) is 104 cm³/mol. The average Bonchev–Trinajstić information content (AvgIpc) is 3.43. The first-order valence-electron chi connectivity index (χ1n) is 10.2. The van der Waals surface area contributed by atoms with E-state index in [1.807, 2.05) is 29.4 Å². The largest absolute Gasteiger partial charge is 0.455 e. The molecule has 2 fully saturated rings. The summed E-state index contributed by atoms with van der Waals surface area (Å²) in [4.78, 5) is 21.9. The van der Waals surface area contributed by atoms with Crippen LogP contribution in [-0.2, 0) is 6.54 Å². The number of amides is 1. The van der Waals surface area contributed by atoms with Gasteiger partial charge in [0.2, 0.25) is 0 Å². The van der Waals surface area contributed by atoms with Crippen molar-refractivity contribution in [1.29, 1.82) is 0 Å². The van der Waals surface area contributed by atoms with Crippen LogP contribution in [0.5, 0.6) is 0 Å². The summed E-state index contributed by atoms with van der Waals surface area (Å²) < 4.78 is 8.12. The third-order valence-corrected chi connectivity index (χ3v) is 5.78. The smallest absolute Gasteiger partial charge is 0.289 e. The molecule has 0 unspecified atom stereocenters. The van der Waals surface area contributed by atoms with Crippen molar-refractivity contribution in [3.8, 4) is 0 Å². The van der Waals surface area contributed by atoms with E-state index in [-0.39, 0.29) is 5.91 Å². The molecule has 0 radical (unpaired) electrons. The Morgan fingerprint density at radius 3 is 2.81 bits per heavy atom. The Balaban J connectivity index is 1.42. The molecule has 0 spiro atoms. The van der Waals surface area contributed by atoms with Crippen molar-refractivity contribution in [2.24, 2.45) is 0 Å². The van der Waals surface area contributed by atoms with Gasteiger partial charge in [-0.3, -0.25) is 9.69 Å². The first-order chi connectivity index (χ1) is 13.1. The van der Waals surface area contributed by atoms with E-state index in [1.54, 1.807) is 0 Å². The molecule has 2 aromatic rings. The lowest BCUT2D eigenvalue weighted by Crippen LogP contribution is -2.39. The van der Waals surface area contributed by atoms with Crippen LogP contribution in [0.25, 0.3) is 0 Å². The van der Waals surface area contributed by atoms with Gasteiger partial charge < -0.3 is 13.9 Å². The fourth-order valence-corrected chi connectivity index (χ4v) is 4.34. The molecule has 0 bridgehead atoms. The lowest BCUT2D eigenvalue weighted by Gasteiger charge is -2.32. The summed E-state index contributed by atoms with van der Waals surface area (Å²) in [5.41, 5.74) is 0. The highest BCUT2D eigenvalue weighted by molar-refractivity contribution is 5.91. The van der Waals surface area contributed by atoms with Gasteiger partial charge in [0.05, 0.1) is 6.54 Å². The van der Waals surface area contributed by atoms with E-state index in [2.05, 4.69) is 28.3 Å². The third kappa shape index (κ3) is 3.95. The molecule has 4 heterocycles. The minimum absolute atomic E-state index is 0.00928. The van der Waals surface area contributed by atoms with Gasteiger partial charge in [0.1, 0.15) is 11.6 Å². The Hall–Kier alpha value is -2.08. The molecular formula is C21H30N4O2. The van der Waals surface area contributed by atoms with Crippen molar-refractivity contribution >= 4 is 5.91 Å². The summed E-state index contributed by atoms with van der Waals surface area (Å²) in [5.74, 6) is 2.76. The minimum Gasteiger partial charge on any atom is -0.455 e. The number of hydrogen-bond acceptors (Lipinski definition) is 4. The SMILES string of the molecule is CC(C)n1ccnc1[C@@H]1CCCN(C(=O)c2ccc(CN3CCCC3)o2)C1. The minimum atomic E-state index is 0.00928. The number of nitrogens with zero attached hydrogens (tertiary/aromatic N) is 4. The Morgan fingerprint density at radius 1 is 1.22 bits per heavy atom. The van der Waals surface area contributed by atoms with Gasteiger partial charge >= 0.3 is 0 Å². The van der Waals surface area contributed by atoms with Crippen molar-refractivity contribution in [3.05, 3.63) is 41.9 Å². The van der Waals surface area contributed by atoms with E-state index >= 15 is 0 Å². The van der Waals surface area contributed by atoms with Crippen molar-refractivity contribution < 1.29 is 9.21 Å². The molecule has 2 aliphatic heterocycles. The van der Waals surface area contributed by atoms with Crippen LogP contribution in [0.1, 0.15) is 73.6 Å². The zero-order chi connectivity index (χ0) is 18.8. The molecule has 2 aliphatic rings. The van der Waals surface area contributed by atoms with Crippen LogP contribution in [0.4, 0.5) is 0 Å². The van der Waals surface area contributed by atoms with Gasteiger partial charge in [0.15, 0.2) is 5.76 Å². The molecule has 0 saturated carbocycles. The third-order valence-electron chi connectivity index (χ3n) is 5.78. The van der Waals surface area contributed by atoms with Crippen molar-refractivity contribution in [1.82, 2.24) is 19.4 Å². The second-order valence-corrected chi connectivity index (χ2v) is 8.13. The number of imidazole rings is 1. The van der Waals surface area contributed by atoms with E-state index in [9.17, 15) is 4.79 Å². The predicted octanol–water partition coefficient (Wildman–Crippen LogP) is 3.67. The Labute approximate surface area is 161 Å². The van der Waals surface area contributed by atoms with Gasteiger partial charge in [-0.15, -0.1) is 0 Å². The number of carbonyl (C=O) groups excluding carboxylic acids is 1. The van der Waals surface area contributed by atoms with E-state index in [0.29, 0.717) is 24.3 Å². The Bertz CT molecular complexity index is 773. The standard InChI is InChI=1S/C21H30N4O2/c1-16(2)25-13-9-22-20(25)17-6-5-12-24(14-17)21(26)19-8-7-18(27-19)15-23-10-3-4-11-23/h7-9,13,16-17H,3-6,10-12,14-15H2,1-2H3/t17-/m1/s1. The molecule has 2 aromatic heterocycles. The molecule has 1 amide bonds. The molecule has 6 heteroatoms. The fourth-order valence-electron chi connectivity index (χ4n) is 4.34. The van der Waals surface area contributed by atoms with Gasteiger partial charge in [-0.2, -0.15) is 0 Å². The van der Waals surface area contributed by atoms with E-state index in [4.69, 9.17) is 4.42 Å². The Morgan fingerprint density at radius 2 is 2.04 bits per heavy atom. The molecule has 0 aromatic carbocycles. The molecule has 146 valence electrons. The topological polar surface area (TPSA) is 54.5 Å². The summed E-state index contributed by atoms with van der Waals surface area (Å²) in [6.45, 7) is 8.90. The molecule has 6 nitrogen and oxygen atoms in total. The zero-order valence-electron chi connectivity index (χ0n) is 16.4. The number of piperidine rings is 1. The van der Waals surface area contributed by atoms with Gasteiger partial charge in [-0.05, 0) is 64.8 Å². The lowest BCUT2D eigenvalue weighted by atomic mass is 9.96. The van der Waals surface area contributed by atoms with Crippen molar-refractivity contribution in [3.63, 3.8) is 0 Å². The maximum atomic E-state index is 13.0. The monoisotopic (exact) mass is 370 g/mol. The van der Waals surface area contributed by atoms with Crippen LogP contribution < -0.4 is 0 Å². The average molecular weight is 370 g/mol. The van der Waals surface area contributed by atoms with Crippen LogP contribution >= 0.6 is 0 Å². The zero-order valence-corrected chi connectivity index (χ0v) is 16.4. The van der Waals surface area contributed by atoms with Crippen LogP contribution in [-0.4, -0.2) is 51.4 Å². The lowest BCUT2D eigenvalue weighted by molar-refractivity contribution is 0.0667. The number of furan rings is 1. The summed E-state index contributed by atoms with van der Waals surface area (Å²) >= 11 is 0. The van der Waals surface area contributed by atoms with Crippen LogP contribution in [0.3, 0.4) is 0 Å². The van der Waals surface area contributed by atoms with Gasteiger partial charge in [0.25, 0.3) is 5.91 Å². The molecule has 2 saturated heterocycles. The Kier molecular flexibility index (Phi) is 5.34. The number of likely N-dealkylation sites (tertiary alicyclic amines) is 2. The highest BCUT2D eigenvalue weighted by Gasteiger charge is 2.29. The summed E-state index contributed by atoms with van der Waals surface area (Å²) in [6, 6.07) is 4.18. The van der Waals surface area contributed by atoms with E-state index in [0.717, 1.165) is 50.6 Å². The van der Waals surface area contributed by atoms with Gasteiger partial charge in [-0.1, -0.05) is 0 Å². The van der Waals surface area contributed by atoms with E-state index < -0.39 is 0 Å². The summed E-state index contributed by atoms with van der Waals surface area (Å²) in [5, 5.41) is 0. The van der Waals surface area contributed by atoms with Gasteiger partial charge in [0, 0.05) is 37.4 Å². The van der Waals surface area contributed by atoms with Gasteiger partial charge in [-0.25, -0.2) is 4.98 Å². The highest BCUT2D eigenvalue weighted by Crippen LogP contribution is 2.28. The quantitative estimate of drug-likeness (QED) is 0.806. The van der Waals surface area contributed by atoms with Crippen LogP contribution in [0, 0.1) is 0 Å². The van der Waals surface area contributed by atoms with Crippen molar-refractivity contribution in [2.45, 2.75) is 58.0 Å². The second kappa shape index (κ2) is 7.89. The fraction of sp³-hybridized carbons (Fsp3) is 0.619. The van der Waals surface area contributed by atoms with E-state index in [1.165, 1.54) is 12.8 Å². The summed E-state index contributed by atoms with van der Waals surface area (Å²) in [6.07, 6.45) is 8.50. The molecule has 4 rings (SSSR count). The highest BCUT2D eigenvalue weighted by atomic mass is 16.4. The maximum absolute atomic E-state index is 13.0. The number of carbonyl (C=O) groups is 1. The number of rotatable bonds is 5. The normalized spacial score (nSPS) is 21.3. The van der Waals surface area contributed by atoms with Crippen LogP contribution in [0.2, 0.25) is 0 Å².